The molecule has 1 unspecified atom stereocenters. The van der Waals surface area contributed by atoms with Gasteiger partial charge in [-0.25, -0.2) is 4.79 Å². The molecule has 3 aliphatic rings. The molecule has 0 saturated carbocycles. The van der Waals surface area contributed by atoms with Crippen LogP contribution in [-0.2, 0) is 9.53 Å². The van der Waals surface area contributed by atoms with E-state index < -0.39 is 0 Å². The number of piperidine rings is 1. The summed E-state index contributed by atoms with van der Waals surface area (Å²) in [6.45, 7) is 5.18. The van der Waals surface area contributed by atoms with E-state index >= 15 is 0 Å². The molecule has 0 spiro atoms. The Hall–Kier alpha value is -2.57. The Morgan fingerprint density at radius 2 is 1.78 bits per heavy atom. The third-order valence-electron chi connectivity index (χ3n) is 5.93. The van der Waals surface area contributed by atoms with Gasteiger partial charge >= 0.3 is 6.09 Å². The molecule has 3 fully saturated rings. The number of nitrogens with zero attached hydrogens (tertiary/aromatic N) is 3. The van der Waals surface area contributed by atoms with Crippen molar-refractivity contribution >= 4 is 17.9 Å². The molecule has 0 bridgehead atoms. The fourth-order valence-corrected chi connectivity index (χ4v) is 4.26. The standard InChI is InChI=1S/C20H25N3O4/c1-14-4-2-3-5-17(14)19(25)21-8-6-15(7-9-21)18(24)22-10-11-23-16(12-22)13-27-20(23)26/h2-5,15-16H,6-13H2,1H3. The lowest BCUT2D eigenvalue weighted by Gasteiger charge is -2.39. The quantitative estimate of drug-likeness (QED) is 0.790. The number of hydrogen-bond acceptors (Lipinski definition) is 4. The second kappa shape index (κ2) is 7.21. The van der Waals surface area contributed by atoms with Crippen molar-refractivity contribution in [3.8, 4) is 0 Å². The first-order valence-electron chi connectivity index (χ1n) is 9.61. The summed E-state index contributed by atoms with van der Waals surface area (Å²) in [6.07, 6.45) is 1.11. The highest BCUT2D eigenvalue weighted by atomic mass is 16.6. The second-order valence-corrected chi connectivity index (χ2v) is 7.59. The molecular formula is C20H25N3O4. The summed E-state index contributed by atoms with van der Waals surface area (Å²) < 4.78 is 5.07. The zero-order chi connectivity index (χ0) is 19.0. The molecule has 3 heterocycles. The molecule has 144 valence electrons. The zero-order valence-electron chi connectivity index (χ0n) is 15.6. The van der Waals surface area contributed by atoms with Crippen LogP contribution in [-0.4, -0.2) is 78.0 Å². The number of piperazine rings is 1. The Morgan fingerprint density at radius 3 is 2.52 bits per heavy atom. The maximum absolute atomic E-state index is 12.9. The van der Waals surface area contributed by atoms with Crippen LogP contribution in [0.3, 0.4) is 0 Å². The largest absolute Gasteiger partial charge is 0.447 e. The lowest BCUT2D eigenvalue weighted by Crippen LogP contribution is -2.55. The highest BCUT2D eigenvalue weighted by Crippen LogP contribution is 2.25. The van der Waals surface area contributed by atoms with E-state index in [0.717, 1.165) is 11.1 Å². The van der Waals surface area contributed by atoms with E-state index in [1.807, 2.05) is 41.0 Å². The van der Waals surface area contributed by atoms with E-state index in [1.165, 1.54) is 0 Å². The van der Waals surface area contributed by atoms with Crippen LogP contribution in [0.2, 0.25) is 0 Å². The number of hydrogen-bond donors (Lipinski definition) is 0. The summed E-state index contributed by atoms with van der Waals surface area (Å²) in [5.74, 6) is 0.154. The number of ether oxygens (including phenoxy) is 1. The van der Waals surface area contributed by atoms with Crippen molar-refractivity contribution in [2.75, 3.05) is 39.3 Å². The molecule has 1 aromatic rings. The van der Waals surface area contributed by atoms with Gasteiger partial charge in [-0.15, -0.1) is 0 Å². The molecule has 0 aromatic heterocycles. The molecule has 0 N–H and O–H groups in total. The number of amides is 3. The molecule has 7 nitrogen and oxygen atoms in total. The van der Waals surface area contributed by atoms with Crippen molar-refractivity contribution in [2.24, 2.45) is 5.92 Å². The Kier molecular flexibility index (Phi) is 4.76. The van der Waals surface area contributed by atoms with Crippen molar-refractivity contribution in [1.82, 2.24) is 14.7 Å². The summed E-state index contributed by atoms with van der Waals surface area (Å²) in [5.41, 5.74) is 1.72. The molecule has 0 aliphatic carbocycles. The number of aryl methyl sites for hydroxylation is 1. The zero-order valence-corrected chi connectivity index (χ0v) is 15.6. The van der Waals surface area contributed by atoms with E-state index in [9.17, 15) is 14.4 Å². The molecule has 7 heteroatoms. The third-order valence-corrected chi connectivity index (χ3v) is 5.93. The Morgan fingerprint density at radius 1 is 1.04 bits per heavy atom. The number of carbonyl (C=O) groups excluding carboxylic acids is 3. The fourth-order valence-electron chi connectivity index (χ4n) is 4.26. The number of rotatable bonds is 2. The number of carbonyl (C=O) groups is 3. The fraction of sp³-hybridized carbons (Fsp3) is 0.550. The van der Waals surface area contributed by atoms with Crippen molar-refractivity contribution in [2.45, 2.75) is 25.8 Å². The monoisotopic (exact) mass is 371 g/mol. The van der Waals surface area contributed by atoms with E-state index in [2.05, 4.69) is 0 Å². The van der Waals surface area contributed by atoms with Gasteiger partial charge in [-0.1, -0.05) is 18.2 Å². The molecule has 3 saturated heterocycles. The van der Waals surface area contributed by atoms with Crippen LogP contribution in [0.25, 0.3) is 0 Å². The highest BCUT2D eigenvalue weighted by Gasteiger charge is 2.40. The minimum Gasteiger partial charge on any atom is -0.447 e. The van der Waals surface area contributed by atoms with Crippen molar-refractivity contribution in [1.29, 1.82) is 0 Å². The van der Waals surface area contributed by atoms with Crippen molar-refractivity contribution in [3.63, 3.8) is 0 Å². The predicted octanol–water partition coefficient (Wildman–Crippen LogP) is 1.51. The lowest BCUT2D eigenvalue weighted by molar-refractivity contribution is -0.139. The maximum Gasteiger partial charge on any atom is 0.410 e. The Balaban J connectivity index is 1.33. The molecule has 3 aliphatic heterocycles. The summed E-state index contributed by atoms with van der Waals surface area (Å²) in [5, 5.41) is 0. The lowest BCUT2D eigenvalue weighted by atomic mass is 9.94. The Labute approximate surface area is 158 Å². The van der Waals surface area contributed by atoms with Gasteiger partial charge < -0.3 is 14.5 Å². The minimum absolute atomic E-state index is 0.0158. The normalized spacial score (nSPS) is 23.2. The first-order chi connectivity index (χ1) is 13.0. The topological polar surface area (TPSA) is 70.2 Å². The van der Waals surface area contributed by atoms with Gasteiger partial charge in [0.1, 0.15) is 6.61 Å². The van der Waals surface area contributed by atoms with Gasteiger partial charge in [-0.2, -0.15) is 0 Å². The van der Waals surface area contributed by atoms with E-state index in [4.69, 9.17) is 4.74 Å². The SMILES string of the molecule is Cc1ccccc1C(=O)N1CCC(C(=O)N2CCN3C(=O)OCC3C2)CC1. The van der Waals surface area contributed by atoms with Gasteiger partial charge in [0.15, 0.2) is 0 Å². The molecule has 27 heavy (non-hydrogen) atoms. The Bertz CT molecular complexity index is 757. The van der Waals surface area contributed by atoms with Crippen LogP contribution in [0.4, 0.5) is 4.79 Å². The maximum atomic E-state index is 12.9. The average molecular weight is 371 g/mol. The van der Waals surface area contributed by atoms with Gasteiger partial charge in [-0.3, -0.25) is 14.5 Å². The molecule has 0 radical (unpaired) electrons. The van der Waals surface area contributed by atoms with Gasteiger partial charge in [-0.05, 0) is 31.4 Å². The summed E-state index contributed by atoms with van der Waals surface area (Å²) in [6, 6.07) is 7.60. The van der Waals surface area contributed by atoms with Crippen LogP contribution in [0.1, 0.15) is 28.8 Å². The smallest absolute Gasteiger partial charge is 0.410 e. The number of fused-ring (bicyclic) bond motifs is 1. The highest BCUT2D eigenvalue weighted by molar-refractivity contribution is 5.95. The number of likely N-dealkylation sites (tertiary alicyclic amines) is 1. The van der Waals surface area contributed by atoms with Crippen LogP contribution in [0.5, 0.6) is 0 Å². The van der Waals surface area contributed by atoms with Gasteiger partial charge in [0.2, 0.25) is 5.91 Å². The van der Waals surface area contributed by atoms with E-state index in [-0.39, 0.29) is 29.9 Å². The third kappa shape index (κ3) is 3.38. The van der Waals surface area contributed by atoms with Crippen LogP contribution >= 0.6 is 0 Å². The van der Waals surface area contributed by atoms with Crippen LogP contribution in [0.15, 0.2) is 24.3 Å². The van der Waals surface area contributed by atoms with Gasteiger partial charge in [0.25, 0.3) is 5.91 Å². The molecule has 4 rings (SSSR count). The van der Waals surface area contributed by atoms with Crippen molar-refractivity contribution < 1.29 is 19.1 Å². The molecule has 1 aromatic carbocycles. The van der Waals surface area contributed by atoms with Gasteiger partial charge in [0.05, 0.1) is 6.04 Å². The first-order valence-corrected chi connectivity index (χ1v) is 9.61. The first kappa shape index (κ1) is 17.8. The van der Waals surface area contributed by atoms with Gasteiger partial charge in [0, 0.05) is 44.2 Å². The van der Waals surface area contributed by atoms with Crippen molar-refractivity contribution in [3.05, 3.63) is 35.4 Å². The number of benzene rings is 1. The second-order valence-electron chi connectivity index (χ2n) is 7.59. The summed E-state index contributed by atoms with van der Waals surface area (Å²) >= 11 is 0. The van der Waals surface area contributed by atoms with E-state index in [1.54, 1.807) is 4.90 Å². The summed E-state index contributed by atoms with van der Waals surface area (Å²) in [4.78, 5) is 42.7. The average Bonchev–Trinajstić information content (AvgIpc) is 3.08. The minimum atomic E-state index is -0.268. The molecular weight excluding hydrogens is 346 g/mol. The van der Waals surface area contributed by atoms with Crippen LogP contribution < -0.4 is 0 Å². The van der Waals surface area contributed by atoms with Crippen LogP contribution in [0, 0.1) is 12.8 Å². The summed E-state index contributed by atoms with van der Waals surface area (Å²) in [7, 11) is 0. The predicted molar refractivity (Wildman–Crippen MR) is 98.2 cm³/mol. The number of cyclic esters (lactones) is 1. The molecule has 3 amide bonds. The molecule has 1 atom stereocenters. The van der Waals surface area contributed by atoms with E-state index in [0.29, 0.717) is 52.2 Å².